The number of fused-ring (bicyclic) bond motifs is 1. The van der Waals surface area contributed by atoms with Crippen LogP contribution < -0.4 is 9.47 Å². The molecule has 4 rings (SSSR count). The minimum absolute atomic E-state index is 0.462. The first-order chi connectivity index (χ1) is 8.60. The zero-order valence-corrected chi connectivity index (χ0v) is 10.8. The average molecular weight is 267 g/mol. The van der Waals surface area contributed by atoms with Gasteiger partial charge in [-0.3, -0.25) is 0 Å². The fourth-order valence-corrected chi connectivity index (χ4v) is 3.31. The van der Waals surface area contributed by atoms with Crippen molar-refractivity contribution in [1.82, 2.24) is 0 Å². The number of aliphatic hydroxyl groups is 1. The fourth-order valence-electron chi connectivity index (χ4n) is 2.98. The van der Waals surface area contributed by atoms with Crippen LogP contribution in [0.25, 0.3) is 0 Å². The van der Waals surface area contributed by atoms with Crippen LogP contribution in [0.15, 0.2) is 12.1 Å². The average Bonchev–Trinajstić information content (AvgIpc) is 2.80. The van der Waals surface area contributed by atoms with Gasteiger partial charge in [0.05, 0.1) is 10.6 Å². The maximum Gasteiger partial charge on any atom is 0.251 e. The van der Waals surface area contributed by atoms with Crippen LogP contribution in [0.4, 0.5) is 0 Å². The van der Waals surface area contributed by atoms with Crippen molar-refractivity contribution in [3.8, 4) is 11.5 Å². The number of ether oxygens (including phenoxy) is 2. The SMILES string of the molecule is OC1(c2cc3c(cc2Cl)OC2(CCCC2)O3)CC1. The van der Waals surface area contributed by atoms with E-state index in [-0.39, 0.29) is 0 Å². The van der Waals surface area contributed by atoms with Crippen molar-refractivity contribution < 1.29 is 14.6 Å². The molecule has 2 fully saturated rings. The summed E-state index contributed by atoms with van der Waals surface area (Å²) in [4.78, 5) is 0. The van der Waals surface area contributed by atoms with Gasteiger partial charge in [-0.15, -0.1) is 0 Å². The van der Waals surface area contributed by atoms with Crippen LogP contribution in [-0.4, -0.2) is 10.9 Å². The maximum absolute atomic E-state index is 10.2. The molecular formula is C14H15ClO3. The van der Waals surface area contributed by atoms with Gasteiger partial charge < -0.3 is 14.6 Å². The zero-order valence-electron chi connectivity index (χ0n) is 10.0. The molecule has 0 radical (unpaired) electrons. The Hall–Kier alpha value is -0.930. The Bertz CT molecular complexity index is 516. The molecule has 2 saturated carbocycles. The molecule has 1 heterocycles. The lowest BCUT2D eigenvalue weighted by atomic mass is 10.1. The predicted octanol–water partition coefficient (Wildman–Crippen LogP) is 3.36. The predicted molar refractivity (Wildman–Crippen MR) is 67.0 cm³/mol. The summed E-state index contributed by atoms with van der Waals surface area (Å²) in [5, 5.41) is 10.8. The molecule has 1 spiro atoms. The Labute approximate surface area is 111 Å². The normalized spacial score (nSPS) is 25.7. The molecule has 0 unspecified atom stereocenters. The van der Waals surface area contributed by atoms with Gasteiger partial charge in [-0.25, -0.2) is 0 Å². The van der Waals surface area contributed by atoms with Crippen molar-refractivity contribution in [2.45, 2.75) is 49.9 Å². The number of halogens is 1. The molecule has 2 aliphatic carbocycles. The van der Waals surface area contributed by atoms with E-state index in [1.165, 1.54) is 0 Å². The lowest BCUT2D eigenvalue weighted by Crippen LogP contribution is -2.34. The Morgan fingerprint density at radius 3 is 2.22 bits per heavy atom. The molecule has 0 saturated heterocycles. The van der Waals surface area contributed by atoms with Crippen molar-refractivity contribution in [1.29, 1.82) is 0 Å². The minimum atomic E-state index is -0.735. The second kappa shape index (κ2) is 3.34. The van der Waals surface area contributed by atoms with Crippen LogP contribution in [-0.2, 0) is 5.60 Å². The fraction of sp³-hybridized carbons (Fsp3) is 0.571. The van der Waals surface area contributed by atoms with E-state index in [9.17, 15) is 5.11 Å². The summed E-state index contributed by atoms with van der Waals surface area (Å²) in [5.74, 6) is 0.989. The van der Waals surface area contributed by atoms with E-state index in [0.717, 1.165) is 55.6 Å². The molecule has 1 aromatic rings. The van der Waals surface area contributed by atoms with Gasteiger partial charge in [-0.2, -0.15) is 0 Å². The smallest absolute Gasteiger partial charge is 0.251 e. The molecule has 1 aliphatic heterocycles. The zero-order chi connectivity index (χ0) is 12.4. The van der Waals surface area contributed by atoms with Crippen LogP contribution in [0, 0.1) is 0 Å². The third-order valence-electron chi connectivity index (χ3n) is 4.22. The molecule has 0 atom stereocenters. The van der Waals surface area contributed by atoms with E-state index in [2.05, 4.69) is 0 Å². The van der Waals surface area contributed by atoms with E-state index in [1.807, 2.05) is 6.07 Å². The number of hydrogen-bond donors (Lipinski definition) is 1. The second-order valence-electron chi connectivity index (χ2n) is 5.63. The number of hydrogen-bond acceptors (Lipinski definition) is 3. The van der Waals surface area contributed by atoms with Gasteiger partial charge in [0.1, 0.15) is 0 Å². The summed E-state index contributed by atoms with van der Waals surface area (Å²) in [6.45, 7) is 0. The summed E-state index contributed by atoms with van der Waals surface area (Å²) in [7, 11) is 0. The van der Waals surface area contributed by atoms with Gasteiger partial charge in [0, 0.05) is 24.5 Å². The van der Waals surface area contributed by atoms with Crippen LogP contribution in [0.2, 0.25) is 5.02 Å². The van der Waals surface area contributed by atoms with Crippen molar-refractivity contribution in [2.75, 3.05) is 0 Å². The third-order valence-corrected chi connectivity index (χ3v) is 4.53. The van der Waals surface area contributed by atoms with Crippen LogP contribution in [0.5, 0.6) is 11.5 Å². The standard InChI is InChI=1S/C14H15ClO3/c15-10-8-12-11(7-9(10)13(16)5-6-13)17-14(18-12)3-1-2-4-14/h7-8,16H,1-6H2. The van der Waals surface area contributed by atoms with E-state index >= 15 is 0 Å². The minimum Gasteiger partial charge on any atom is -0.448 e. The van der Waals surface area contributed by atoms with E-state index in [1.54, 1.807) is 6.07 Å². The molecule has 0 amide bonds. The highest BCUT2D eigenvalue weighted by Gasteiger charge is 2.48. The summed E-state index contributed by atoms with van der Waals surface area (Å²) < 4.78 is 11.9. The van der Waals surface area contributed by atoms with Crippen molar-refractivity contribution in [2.24, 2.45) is 0 Å². The molecular weight excluding hydrogens is 252 g/mol. The lowest BCUT2D eigenvalue weighted by molar-refractivity contribution is -0.0716. The van der Waals surface area contributed by atoms with E-state index < -0.39 is 11.4 Å². The molecule has 3 nitrogen and oxygen atoms in total. The Morgan fingerprint density at radius 2 is 1.61 bits per heavy atom. The van der Waals surface area contributed by atoms with E-state index in [4.69, 9.17) is 21.1 Å². The molecule has 4 heteroatoms. The molecule has 0 aromatic heterocycles. The van der Waals surface area contributed by atoms with E-state index in [0.29, 0.717) is 5.02 Å². The quantitative estimate of drug-likeness (QED) is 0.847. The Kier molecular flexibility index (Phi) is 2.03. The molecule has 18 heavy (non-hydrogen) atoms. The summed E-state index contributed by atoms with van der Waals surface area (Å²) >= 11 is 6.23. The molecule has 96 valence electrons. The highest BCUT2D eigenvalue weighted by Crippen LogP contribution is 2.53. The summed E-state index contributed by atoms with van der Waals surface area (Å²) in [6.07, 6.45) is 5.68. The molecule has 3 aliphatic rings. The van der Waals surface area contributed by atoms with Gasteiger partial charge in [-0.05, 0) is 31.7 Å². The molecule has 0 bridgehead atoms. The van der Waals surface area contributed by atoms with Crippen molar-refractivity contribution >= 4 is 11.6 Å². The maximum atomic E-state index is 10.2. The van der Waals surface area contributed by atoms with Crippen LogP contribution in [0.3, 0.4) is 0 Å². The topological polar surface area (TPSA) is 38.7 Å². The second-order valence-corrected chi connectivity index (χ2v) is 6.04. The van der Waals surface area contributed by atoms with Gasteiger partial charge in [-0.1, -0.05) is 11.6 Å². The van der Waals surface area contributed by atoms with Gasteiger partial charge in [0.15, 0.2) is 11.5 Å². The molecule has 1 N–H and O–H groups in total. The summed E-state index contributed by atoms with van der Waals surface area (Å²) in [5.41, 5.74) is 0.0440. The lowest BCUT2D eigenvalue weighted by Gasteiger charge is -2.21. The van der Waals surface area contributed by atoms with Crippen LogP contribution >= 0.6 is 11.6 Å². The van der Waals surface area contributed by atoms with Crippen LogP contribution in [0.1, 0.15) is 44.1 Å². The van der Waals surface area contributed by atoms with Crippen molar-refractivity contribution in [3.05, 3.63) is 22.7 Å². The highest BCUT2D eigenvalue weighted by molar-refractivity contribution is 6.31. The van der Waals surface area contributed by atoms with Crippen molar-refractivity contribution in [3.63, 3.8) is 0 Å². The largest absolute Gasteiger partial charge is 0.448 e. The first-order valence-electron chi connectivity index (χ1n) is 6.55. The Morgan fingerprint density at radius 1 is 1.00 bits per heavy atom. The Balaban J connectivity index is 1.74. The van der Waals surface area contributed by atoms with Gasteiger partial charge >= 0.3 is 0 Å². The van der Waals surface area contributed by atoms with Gasteiger partial charge in [0.2, 0.25) is 0 Å². The highest BCUT2D eigenvalue weighted by atomic mass is 35.5. The third kappa shape index (κ3) is 1.47. The first-order valence-corrected chi connectivity index (χ1v) is 6.93. The monoisotopic (exact) mass is 266 g/mol. The first kappa shape index (κ1) is 10.9. The number of rotatable bonds is 1. The molecule has 1 aromatic carbocycles. The summed E-state index contributed by atoms with van der Waals surface area (Å²) in [6, 6.07) is 3.65. The van der Waals surface area contributed by atoms with Gasteiger partial charge in [0.25, 0.3) is 5.79 Å². The number of benzene rings is 1.